The zero-order valence-corrected chi connectivity index (χ0v) is 11.3. The first-order valence-electron chi connectivity index (χ1n) is 6.18. The quantitative estimate of drug-likeness (QED) is 0.673. The lowest BCUT2D eigenvalue weighted by atomic mass is 10.1. The summed E-state index contributed by atoms with van der Waals surface area (Å²) in [5.74, 6) is -0.534. The van der Waals surface area contributed by atoms with Gasteiger partial charge in [0.05, 0.1) is 16.1 Å². The van der Waals surface area contributed by atoms with Gasteiger partial charge in [-0.15, -0.1) is 0 Å². The smallest absolute Gasteiger partial charge is 0.335 e. The summed E-state index contributed by atoms with van der Waals surface area (Å²) in [6, 6.07) is 10.9. The number of rotatable bonds is 5. The number of carbonyl (C=O) groups is 1. The van der Waals surface area contributed by atoms with Crippen molar-refractivity contribution in [3.63, 3.8) is 0 Å². The van der Waals surface area contributed by atoms with Crippen molar-refractivity contribution in [1.82, 2.24) is 0 Å². The van der Waals surface area contributed by atoms with Gasteiger partial charge in [-0.1, -0.05) is 12.1 Å². The van der Waals surface area contributed by atoms with Crippen LogP contribution in [-0.2, 0) is 6.61 Å². The van der Waals surface area contributed by atoms with Gasteiger partial charge in [0.15, 0.2) is 0 Å². The largest absolute Gasteiger partial charge is 0.489 e. The lowest BCUT2D eigenvalue weighted by Gasteiger charge is -2.08. The molecule has 2 aromatic rings. The van der Waals surface area contributed by atoms with Crippen molar-refractivity contribution in [3.05, 3.63) is 69.3 Å². The summed E-state index contributed by atoms with van der Waals surface area (Å²) in [5, 5.41) is 19.8. The molecular weight excluding hydrogens is 274 g/mol. The lowest BCUT2D eigenvalue weighted by Crippen LogP contribution is -2.02. The summed E-state index contributed by atoms with van der Waals surface area (Å²) in [6.07, 6.45) is 0. The minimum absolute atomic E-state index is 0.00335. The second-order valence-corrected chi connectivity index (χ2v) is 4.46. The molecule has 2 rings (SSSR count). The second-order valence-electron chi connectivity index (χ2n) is 4.46. The molecule has 6 nitrogen and oxygen atoms in total. The first-order valence-corrected chi connectivity index (χ1v) is 6.18. The Kier molecular flexibility index (Phi) is 4.18. The Labute approximate surface area is 120 Å². The van der Waals surface area contributed by atoms with Crippen LogP contribution in [0.4, 0.5) is 5.69 Å². The lowest BCUT2D eigenvalue weighted by molar-refractivity contribution is -0.385. The summed E-state index contributed by atoms with van der Waals surface area (Å²) >= 11 is 0. The molecule has 0 radical (unpaired) electrons. The van der Waals surface area contributed by atoms with Crippen LogP contribution in [0.2, 0.25) is 0 Å². The Morgan fingerprint density at radius 2 is 2.00 bits per heavy atom. The number of hydrogen-bond acceptors (Lipinski definition) is 4. The summed E-state index contributed by atoms with van der Waals surface area (Å²) in [5.41, 5.74) is 1.23. The van der Waals surface area contributed by atoms with E-state index in [2.05, 4.69) is 0 Å². The topological polar surface area (TPSA) is 89.7 Å². The number of para-hydroxylation sites is 1. The van der Waals surface area contributed by atoms with Crippen molar-refractivity contribution in [1.29, 1.82) is 0 Å². The van der Waals surface area contributed by atoms with Gasteiger partial charge >= 0.3 is 5.97 Å². The van der Waals surface area contributed by atoms with Crippen molar-refractivity contribution in [2.75, 3.05) is 0 Å². The number of carboxylic acids is 1. The predicted octanol–water partition coefficient (Wildman–Crippen LogP) is 3.18. The average molecular weight is 287 g/mol. The van der Waals surface area contributed by atoms with Gasteiger partial charge in [-0.25, -0.2) is 4.79 Å². The van der Waals surface area contributed by atoms with E-state index in [1.54, 1.807) is 31.2 Å². The van der Waals surface area contributed by atoms with E-state index in [4.69, 9.17) is 9.84 Å². The molecule has 0 atom stereocenters. The number of nitro groups is 1. The van der Waals surface area contributed by atoms with Gasteiger partial charge in [-0.05, 0) is 36.8 Å². The van der Waals surface area contributed by atoms with Gasteiger partial charge in [0.2, 0.25) is 0 Å². The maximum atomic E-state index is 10.9. The molecule has 0 bridgehead atoms. The fourth-order valence-electron chi connectivity index (χ4n) is 1.94. The number of aryl methyl sites for hydroxylation is 1. The molecule has 0 aliphatic rings. The van der Waals surface area contributed by atoms with Crippen molar-refractivity contribution >= 4 is 11.7 Å². The summed E-state index contributed by atoms with van der Waals surface area (Å²) in [4.78, 5) is 21.3. The van der Waals surface area contributed by atoms with Gasteiger partial charge in [-0.3, -0.25) is 10.1 Å². The number of carboxylic acid groups (broad SMARTS) is 1. The van der Waals surface area contributed by atoms with Crippen LogP contribution in [0.3, 0.4) is 0 Å². The summed E-state index contributed by atoms with van der Waals surface area (Å²) < 4.78 is 5.50. The highest BCUT2D eigenvalue weighted by Crippen LogP contribution is 2.22. The molecule has 0 heterocycles. The molecule has 0 amide bonds. The van der Waals surface area contributed by atoms with Crippen LogP contribution in [0.25, 0.3) is 0 Å². The molecular formula is C15H13NO5. The van der Waals surface area contributed by atoms with Crippen LogP contribution in [0, 0.1) is 17.0 Å². The predicted molar refractivity (Wildman–Crippen MR) is 75.6 cm³/mol. The maximum Gasteiger partial charge on any atom is 0.335 e. The number of nitrogens with zero attached hydrogens (tertiary/aromatic N) is 1. The molecule has 0 saturated carbocycles. The van der Waals surface area contributed by atoms with Crippen LogP contribution in [0.15, 0.2) is 42.5 Å². The Hall–Kier alpha value is -2.89. The molecule has 0 aliphatic heterocycles. The normalized spacial score (nSPS) is 10.1. The van der Waals surface area contributed by atoms with E-state index in [-0.39, 0.29) is 17.9 Å². The number of ether oxygens (including phenoxy) is 1. The van der Waals surface area contributed by atoms with E-state index in [1.807, 2.05) is 0 Å². The number of aromatic carboxylic acids is 1. The fourth-order valence-corrected chi connectivity index (χ4v) is 1.94. The first-order chi connectivity index (χ1) is 9.99. The van der Waals surface area contributed by atoms with Crippen molar-refractivity contribution in [2.45, 2.75) is 13.5 Å². The zero-order valence-electron chi connectivity index (χ0n) is 11.3. The van der Waals surface area contributed by atoms with Crippen LogP contribution < -0.4 is 4.74 Å². The molecule has 0 aliphatic carbocycles. The first kappa shape index (κ1) is 14.5. The fraction of sp³-hybridized carbons (Fsp3) is 0.133. The Morgan fingerprint density at radius 1 is 1.29 bits per heavy atom. The van der Waals surface area contributed by atoms with E-state index in [9.17, 15) is 14.9 Å². The Balaban J connectivity index is 2.16. The standard InChI is InChI=1S/C15H13NO5/c1-10-8-12(6-7-13(10)15(17)18)21-9-11-4-2-3-5-14(11)16(19)20/h2-8H,9H2,1H3,(H,17,18). The molecule has 21 heavy (non-hydrogen) atoms. The van der Waals surface area contributed by atoms with E-state index >= 15 is 0 Å². The molecule has 2 aromatic carbocycles. The van der Waals surface area contributed by atoms with Crippen LogP contribution in [0.1, 0.15) is 21.5 Å². The third kappa shape index (κ3) is 3.36. The van der Waals surface area contributed by atoms with Gasteiger partial charge in [0.25, 0.3) is 5.69 Å². The summed E-state index contributed by atoms with van der Waals surface area (Å²) in [6.45, 7) is 1.71. The highest BCUT2D eigenvalue weighted by Gasteiger charge is 2.13. The van der Waals surface area contributed by atoms with Gasteiger partial charge < -0.3 is 9.84 Å². The third-order valence-electron chi connectivity index (χ3n) is 3.01. The average Bonchev–Trinajstić information content (AvgIpc) is 2.45. The molecule has 6 heteroatoms. The Morgan fingerprint density at radius 3 is 2.62 bits per heavy atom. The van der Waals surface area contributed by atoms with E-state index < -0.39 is 10.9 Å². The van der Waals surface area contributed by atoms with Crippen LogP contribution in [-0.4, -0.2) is 16.0 Å². The van der Waals surface area contributed by atoms with Gasteiger partial charge in [-0.2, -0.15) is 0 Å². The molecule has 0 spiro atoms. The zero-order chi connectivity index (χ0) is 15.4. The SMILES string of the molecule is Cc1cc(OCc2ccccc2[N+](=O)[O-])ccc1C(=O)O. The van der Waals surface area contributed by atoms with E-state index in [0.717, 1.165) is 0 Å². The second kappa shape index (κ2) is 6.04. The van der Waals surface area contributed by atoms with Crippen molar-refractivity contribution in [3.8, 4) is 5.75 Å². The van der Waals surface area contributed by atoms with Gasteiger partial charge in [0.1, 0.15) is 12.4 Å². The van der Waals surface area contributed by atoms with E-state index in [1.165, 1.54) is 18.2 Å². The highest BCUT2D eigenvalue weighted by atomic mass is 16.6. The molecule has 0 fully saturated rings. The van der Waals surface area contributed by atoms with Crippen molar-refractivity contribution in [2.24, 2.45) is 0 Å². The van der Waals surface area contributed by atoms with Crippen molar-refractivity contribution < 1.29 is 19.6 Å². The number of benzene rings is 2. The number of hydrogen-bond donors (Lipinski definition) is 1. The molecule has 0 aromatic heterocycles. The minimum atomic E-state index is -1.00. The summed E-state index contributed by atoms with van der Waals surface area (Å²) in [7, 11) is 0. The van der Waals surface area contributed by atoms with E-state index in [0.29, 0.717) is 16.9 Å². The minimum Gasteiger partial charge on any atom is -0.489 e. The number of nitro benzene ring substituents is 1. The molecule has 0 unspecified atom stereocenters. The van der Waals surface area contributed by atoms with Crippen LogP contribution >= 0.6 is 0 Å². The molecule has 1 N–H and O–H groups in total. The van der Waals surface area contributed by atoms with Gasteiger partial charge in [0, 0.05) is 6.07 Å². The Bertz CT molecular complexity index is 696. The maximum absolute atomic E-state index is 10.9. The molecule has 108 valence electrons. The highest BCUT2D eigenvalue weighted by molar-refractivity contribution is 5.89. The van der Waals surface area contributed by atoms with Crippen LogP contribution in [0.5, 0.6) is 5.75 Å². The third-order valence-corrected chi connectivity index (χ3v) is 3.01. The molecule has 0 saturated heterocycles. The monoisotopic (exact) mass is 287 g/mol.